The van der Waals surface area contributed by atoms with Crippen molar-refractivity contribution in [1.82, 2.24) is 4.98 Å². The van der Waals surface area contributed by atoms with Crippen LogP contribution in [-0.4, -0.2) is 35.0 Å². The zero-order valence-corrected chi connectivity index (χ0v) is 15.8. The van der Waals surface area contributed by atoms with Crippen molar-refractivity contribution in [3.63, 3.8) is 0 Å². The number of benzene rings is 1. The van der Waals surface area contributed by atoms with Gasteiger partial charge in [0.2, 0.25) is 0 Å². The number of carbonyl (C=O) groups excluding carboxylic acids is 2. The number of hydrogen-bond acceptors (Lipinski definition) is 8. The van der Waals surface area contributed by atoms with Crippen LogP contribution < -0.4 is 5.32 Å². The number of halogens is 3. The largest absolute Gasteiger partial charge is 0.448 e. The highest BCUT2D eigenvalue weighted by atomic mass is 32.1. The number of non-ortho nitro benzene ring substituents is 1. The number of aromatic nitrogens is 1. The Morgan fingerprint density at radius 3 is 2.66 bits per heavy atom. The molecule has 1 aromatic heterocycles. The molecule has 1 atom stereocenters. The van der Waals surface area contributed by atoms with Crippen molar-refractivity contribution in [3.05, 3.63) is 50.0 Å². The summed E-state index contributed by atoms with van der Waals surface area (Å²) in [5.41, 5.74) is -2.97. The van der Waals surface area contributed by atoms with Gasteiger partial charge in [-0.25, -0.2) is 9.78 Å². The number of amides is 1. The second-order valence-corrected chi connectivity index (χ2v) is 6.52. The van der Waals surface area contributed by atoms with Crippen LogP contribution in [0.5, 0.6) is 0 Å². The van der Waals surface area contributed by atoms with Gasteiger partial charge in [0.05, 0.1) is 22.8 Å². The van der Waals surface area contributed by atoms with E-state index < -0.39 is 46.0 Å². The molecule has 9 nitrogen and oxygen atoms in total. The van der Waals surface area contributed by atoms with Crippen LogP contribution in [0.3, 0.4) is 0 Å². The number of nitro benzene ring substituents is 1. The van der Waals surface area contributed by atoms with Crippen molar-refractivity contribution in [1.29, 1.82) is 0 Å². The quantitative estimate of drug-likeness (QED) is 0.404. The molecule has 0 aliphatic heterocycles. The molecule has 0 bridgehead atoms. The summed E-state index contributed by atoms with van der Waals surface area (Å²) in [6, 6.07) is 1.87. The number of nitro groups is 1. The second kappa shape index (κ2) is 8.96. The molecule has 29 heavy (non-hydrogen) atoms. The molecule has 1 N–H and O–H groups in total. The summed E-state index contributed by atoms with van der Waals surface area (Å²) < 4.78 is 49.3. The maximum Gasteiger partial charge on any atom is 0.418 e. The fraction of sp³-hybridized carbons (Fsp3) is 0.312. The van der Waals surface area contributed by atoms with E-state index in [2.05, 4.69) is 4.98 Å². The molecule has 0 saturated carbocycles. The number of anilines is 1. The molecule has 13 heteroatoms. The number of nitrogens with one attached hydrogen (secondary N) is 1. The van der Waals surface area contributed by atoms with Crippen molar-refractivity contribution in [2.24, 2.45) is 0 Å². The monoisotopic (exact) mass is 433 g/mol. The molecular formula is C16H14F3N3O6S. The Hall–Kier alpha value is -3.06. The van der Waals surface area contributed by atoms with E-state index in [-0.39, 0.29) is 12.3 Å². The predicted octanol–water partition coefficient (Wildman–Crippen LogP) is 3.40. The summed E-state index contributed by atoms with van der Waals surface area (Å²) in [6.45, 7) is 1.34. The number of ether oxygens (including phenoxy) is 2. The number of alkyl halides is 3. The molecule has 2 aromatic rings. The molecule has 156 valence electrons. The smallest absolute Gasteiger partial charge is 0.418 e. The van der Waals surface area contributed by atoms with Crippen molar-refractivity contribution in [3.8, 4) is 0 Å². The number of carbonyl (C=O) groups is 2. The van der Waals surface area contributed by atoms with Gasteiger partial charge in [-0.3, -0.25) is 14.9 Å². The van der Waals surface area contributed by atoms with Gasteiger partial charge in [0.1, 0.15) is 5.01 Å². The van der Waals surface area contributed by atoms with Crippen LogP contribution in [0.4, 0.5) is 24.5 Å². The Morgan fingerprint density at radius 2 is 2.07 bits per heavy atom. The topological polar surface area (TPSA) is 121 Å². The second-order valence-electron chi connectivity index (χ2n) is 5.58. The Morgan fingerprint density at radius 1 is 1.38 bits per heavy atom. The van der Waals surface area contributed by atoms with E-state index in [1.54, 1.807) is 0 Å². The average Bonchev–Trinajstić information content (AvgIpc) is 3.10. The van der Waals surface area contributed by atoms with Crippen molar-refractivity contribution in [2.75, 3.05) is 12.4 Å². The van der Waals surface area contributed by atoms with Crippen LogP contribution in [-0.2, 0) is 27.1 Å². The summed E-state index contributed by atoms with van der Waals surface area (Å²) in [5.74, 6) is -1.99. The Bertz CT molecular complexity index is 931. The van der Waals surface area contributed by atoms with Crippen LogP contribution in [0.2, 0.25) is 0 Å². The minimum absolute atomic E-state index is 0.0759. The van der Waals surface area contributed by atoms with E-state index in [1.807, 2.05) is 5.32 Å². The van der Waals surface area contributed by atoms with E-state index in [4.69, 9.17) is 9.47 Å². The maximum absolute atomic E-state index is 13.2. The third-order valence-electron chi connectivity index (χ3n) is 3.46. The molecule has 1 heterocycles. The third-order valence-corrected chi connectivity index (χ3v) is 4.28. The molecule has 1 unspecified atom stereocenters. The van der Waals surface area contributed by atoms with Gasteiger partial charge in [-0.1, -0.05) is 0 Å². The first-order valence-corrected chi connectivity index (χ1v) is 8.71. The van der Waals surface area contributed by atoms with Gasteiger partial charge in [-0.15, -0.1) is 11.3 Å². The highest BCUT2D eigenvalue weighted by Crippen LogP contribution is 2.37. The van der Waals surface area contributed by atoms with Crippen molar-refractivity contribution >= 4 is 34.6 Å². The van der Waals surface area contributed by atoms with E-state index in [0.29, 0.717) is 11.1 Å². The van der Waals surface area contributed by atoms with E-state index in [9.17, 15) is 32.9 Å². The molecule has 0 fully saturated rings. The Kier molecular flexibility index (Phi) is 6.87. The summed E-state index contributed by atoms with van der Waals surface area (Å²) in [4.78, 5) is 37.8. The van der Waals surface area contributed by atoms with E-state index >= 15 is 0 Å². The maximum atomic E-state index is 13.2. The van der Waals surface area contributed by atoms with Crippen LogP contribution in [0, 0.1) is 10.1 Å². The Balaban J connectivity index is 2.12. The van der Waals surface area contributed by atoms with Crippen LogP contribution in [0.15, 0.2) is 23.6 Å². The van der Waals surface area contributed by atoms with Gasteiger partial charge in [-0.05, 0) is 13.0 Å². The average molecular weight is 433 g/mol. The number of methoxy groups -OCH3 is 1. The lowest BCUT2D eigenvalue weighted by molar-refractivity contribution is -0.385. The first-order chi connectivity index (χ1) is 13.5. The van der Waals surface area contributed by atoms with Gasteiger partial charge in [0.15, 0.2) is 11.8 Å². The standard InChI is InChI=1S/C16H14F3N3O6S/c1-8(28-15(24)12-7-29-13(20-12)6-27-2)14(23)21-11-4-3-9(22(25)26)5-10(11)16(17,18)19/h3-5,7-8H,6H2,1-2H3,(H,21,23). The first-order valence-electron chi connectivity index (χ1n) is 7.83. The molecule has 0 spiro atoms. The fourth-order valence-electron chi connectivity index (χ4n) is 2.09. The van der Waals surface area contributed by atoms with Gasteiger partial charge in [0.25, 0.3) is 11.6 Å². The number of nitrogens with zero attached hydrogens (tertiary/aromatic N) is 2. The molecule has 1 amide bonds. The molecule has 0 aliphatic carbocycles. The van der Waals surface area contributed by atoms with Gasteiger partial charge in [-0.2, -0.15) is 13.2 Å². The summed E-state index contributed by atoms with van der Waals surface area (Å²) in [7, 11) is 1.44. The zero-order chi connectivity index (χ0) is 21.8. The molecule has 1 aromatic carbocycles. The van der Waals surface area contributed by atoms with Gasteiger partial charge < -0.3 is 14.8 Å². The Labute approximate surface area is 165 Å². The van der Waals surface area contributed by atoms with Crippen LogP contribution in [0.25, 0.3) is 0 Å². The number of esters is 1. The molecule has 0 aliphatic rings. The summed E-state index contributed by atoms with van der Waals surface area (Å²) >= 11 is 1.13. The minimum atomic E-state index is -4.95. The SMILES string of the molecule is COCc1nc(C(=O)OC(C)C(=O)Nc2ccc([N+](=O)[O-])cc2C(F)(F)F)cs1. The van der Waals surface area contributed by atoms with Crippen LogP contribution >= 0.6 is 11.3 Å². The molecular weight excluding hydrogens is 419 g/mol. The first kappa shape index (κ1) is 22.2. The summed E-state index contributed by atoms with van der Waals surface area (Å²) in [5, 5.41) is 14.6. The number of hydrogen-bond donors (Lipinski definition) is 1. The predicted molar refractivity (Wildman–Crippen MR) is 94.4 cm³/mol. The summed E-state index contributed by atoms with van der Waals surface area (Å²) in [6.07, 6.45) is -6.40. The zero-order valence-electron chi connectivity index (χ0n) is 15.0. The molecule has 0 saturated heterocycles. The third kappa shape index (κ3) is 5.71. The van der Waals surface area contributed by atoms with Crippen LogP contribution in [0.1, 0.15) is 28.0 Å². The lowest BCUT2D eigenvalue weighted by atomic mass is 10.1. The normalized spacial score (nSPS) is 12.3. The number of thiazole rings is 1. The van der Waals surface area contributed by atoms with Crippen molar-refractivity contribution < 1.29 is 37.2 Å². The van der Waals surface area contributed by atoms with Gasteiger partial charge in [0, 0.05) is 24.6 Å². The minimum Gasteiger partial charge on any atom is -0.448 e. The van der Waals surface area contributed by atoms with E-state index in [0.717, 1.165) is 30.4 Å². The molecule has 0 radical (unpaired) electrons. The lowest BCUT2D eigenvalue weighted by Gasteiger charge is -2.16. The highest BCUT2D eigenvalue weighted by Gasteiger charge is 2.36. The van der Waals surface area contributed by atoms with Crippen molar-refractivity contribution in [2.45, 2.75) is 25.8 Å². The number of rotatable bonds is 7. The molecule has 2 rings (SSSR count). The fourth-order valence-corrected chi connectivity index (χ4v) is 2.83. The highest BCUT2D eigenvalue weighted by molar-refractivity contribution is 7.09. The van der Waals surface area contributed by atoms with E-state index in [1.165, 1.54) is 12.5 Å². The van der Waals surface area contributed by atoms with Gasteiger partial charge >= 0.3 is 12.1 Å². The lowest BCUT2D eigenvalue weighted by Crippen LogP contribution is -2.31.